The summed E-state index contributed by atoms with van der Waals surface area (Å²) in [5, 5.41) is 10.5. The molecule has 0 spiro atoms. The van der Waals surface area contributed by atoms with Crippen molar-refractivity contribution in [3.8, 4) is 5.75 Å². The maximum atomic E-state index is 13.2. The van der Waals surface area contributed by atoms with Crippen LogP contribution in [0.2, 0.25) is 0 Å². The maximum Gasteiger partial charge on any atom is 0.281 e. The lowest BCUT2D eigenvalue weighted by molar-refractivity contribution is -0.0821. The predicted molar refractivity (Wildman–Crippen MR) is 80.2 cm³/mol. The van der Waals surface area contributed by atoms with E-state index in [1.54, 1.807) is 6.07 Å². The molecule has 124 valence electrons. The van der Waals surface area contributed by atoms with Gasteiger partial charge < -0.3 is 9.84 Å². The van der Waals surface area contributed by atoms with Crippen LogP contribution in [0.5, 0.6) is 5.75 Å². The first-order valence-corrected chi connectivity index (χ1v) is 8.35. The summed E-state index contributed by atoms with van der Waals surface area (Å²) >= 11 is 0. The molecular weight excluding hydrogens is 311 g/mol. The van der Waals surface area contributed by atoms with E-state index in [0.29, 0.717) is 12.2 Å². The number of hydrogen-bond donors (Lipinski definition) is 1. The molecule has 0 amide bonds. The van der Waals surface area contributed by atoms with Gasteiger partial charge in [0.25, 0.3) is 10.2 Å². The lowest BCUT2D eigenvalue weighted by atomic mass is 9.93. The molecule has 0 radical (unpaired) electrons. The van der Waals surface area contributed by atoms with Crippen LogP contribution in [-0.2, 0) is 10.2 Å². The van der Waals surface area contributed by atoms with Gasteiger partial charge in [-0.2, -0.15) is 17.0 Å². The Balaban J connectivity index is 2.12. The fraction of sp³-hybridized carbons (Fsp3) is 0.571. The van der Waals surface area contributed by atoms with Crippen LogP contribution in [0.15, 0.2) is 24.3 Å². The van der Waals surface area contributed by atoms with Gasteiger partial charge in [0, 0.05) is 39.7 Å². The molecule has 1 aromatic carbocycles. The highest BCUT2D eigenvalue weighted by Crippen LogP contribution is 2.28. The van der Waals surface area contributed by atoms with E-state index in [9.17, 15) is 17.9 Å². The molecular formula is C14H21FN2O4S. The number of rotatable bonds is 4. The number of aliphatic hydroxyl groups is 1. The summed E-state index contributed by atoms with van der Waals surface area (Å²) in [6.07, 6.45) is -0.292. The molecule has 0 bridgehead atoms. The maximum absolute atomic E-state index is 13.2. The lowest BCUT2D eigenvalue weighted by Crippen LogP contribution is -2.59. The zero-order valence-electron chi connectivity index (χ0n) is 12.9. The molecule has 0 aromatic heterocycles. The number of ether oxygens (including phenoxy) is 1. The van der Waals surface area contributed by atoms with Gasteiger partial charge in [-0.25, -0.2) is 4.39 Å². The van der Waals surface area contributed by atoms with Crippen molar-refractivity contribution in [1.29, 1.82) is 0 Å². The third-order valence-corrected chi connectivity index (χ3v) is 5.58. The predicted octanol–water partition coefficient (Wildman–Crippen LogP) is 0.836. The van der Waals surface area contributed by atoms with Gasteiger partial charge in [-0.3, -0.25) is 0 Å². The molecule has 0 saturated carbocycles. The Labute approximate surface area is 130 Å². The van der Waals surface area contributed by atoms with Gasteiger partial charge in [0.1, 0.15) is 23.3 Å². The van der Waals surface area contributed by atoms with Crippen molar-refractivity contribution in [3.63, 3.8) is 0 Å². The van der Waals surface area contributed by atoms with Crippen molar-refractivity contribution < 1.29 is 22.7 Å². The number of benzene rings is 1. The molecule has 2 rings (SSSR count). The third kappa shape index (κ3) is 3.57. The molecule has 1 aliphatic heterocycles. The average Bonchev–Trinajstić information content (AvgIpc) is 2.40. The largest absolute Gasteiger partial charge is 0.487 e. The van der Waals surface area contributed by atoms with Crippen LogP contribution in [0.4, 0.5) is 4.39 Å². The quantitative estimate of drug-likeness (QED) is 0.887. The van der Waals surface area contributed by atoms with Gasteiger partial charge in [-0.1, -0.05) is 6.07 Å². The third-order valence-electron chi connectivity index (χ3n) is 3.69. The van der Waals surface area contributed by atoms with Crippen molar-refractivity contribution in [2.45, 2.75) is 25.0 Å². The van der Waals surface area contributed by atoms with Gasteiger partial charge in [0.2, 0.25) is 0 Å². The minimum absolute atomic E-state index is 0.0759. The van der Waals surface area contributed by atoms with Crippen LogP contribution in [0.25, 0.3) is 0 Å². The van der Waals surface area contributed by atoms with E-state index in [-0.39, 0.29) is 13.1 Å². The van der Waals surface area contributed by atoms with Crippen LogP contribution in [0.1, 0.15) is 13.3 Å². The van der Waals surface area contributed by atoms with Crippen LogP contribution in [0, 0.1) is 5.82 Å². The minimum Gasteiger partial charge on any atom is -0.487 e. The van der Waals surface area contributed by atoms with Gasteiger partial charge in [-0.15, -0.1) is 0 Å². The summed E-state index contributed by atoms with van der Waals surface area (Å²) in [7, 11) is -0.695. The molecule has 8 heteroatoms. The Kier molecular flexibility index (Phi) is 4.76. The van der Waals surface area contributed by atoms with Gasteiger partial charge in [0.05, 0.1) is 0 Å². The van der Waals surface area contributed by atoms with E-state index in [0.717, 1.165) is 4.31 Å². The Morgan fingerprint density at radius 1 is 1.45 bits per heavy atom. The molecule has 1 saturated heterocycles. The highest BCUT2D eigenvalue weighted by molar-refractivity contribution is 7.86. The summed E-state index contributed by atoms with van der Waals surface area (Å²) in [6.45, 7) is 1.68. The van der Waals surface area contributed by atoms with Crippen molar-refractivity contribution in [2.24, 2.45) is 0 Å². The molecule has 1 N–H and O–H groups in total. The second-order valence-corrected chi connectivity index (χ2v) is 7.98. The minimum atomic E-state index is -3.58. The van der Waals surface area contributed by atoms with Crippen LogP contribution in [0.3, 0.4) is 0 Å². The molecule has 6 nitrogen and oxygen atoms in total. The Morgan fingerprint density at radius 3 is 2.68 bits per heavy atom. The molecule has 0 aliphatic carbocycles. The van der Waals surface area contributed by atoms with E-state index >= 15 is 0 Å². The summed E-state index contributed by atoms with van der Waals surface area (Å²) < 4.78 is 45.4. The fourth-order valence-corrected chi connectivity index (χ4v) is 3.65. The molecule has 2 atom stereocenters. The summed E-state index contributed by atoms with van der Waals surface area (Å²) in [6, 6.07) is 5.66. The Morgan fingerprint density at radius 2 is 2.14 bits per heavy atom. The average molecular weight is 332 g/mol. The Hall–Kier alpha value is -1.22. The first-order valence-electron chi connectivity index (χ1n) is 6.95. The number of piperidine rings is 1. The first kappa shape index (κ1) is 17.1. The van der Waals surface area contributed by atoms with Crippen molar-refractivity contribution in [3.05, 3.63) is 30.1 Å². The summed E-state index contributed by atoms with van der Waals surface area (Å²) in [5.74, 6) is -0.112. The number of nitrogens with zero attached hydrogens (tertiary/aromatic N) is 2. The van der Waals surface area contributed by atoms with E-state index < -0.39 is 27.7 Å². The highest BCUT2D eigenvalue weighted by Gasteiger charge is 2.43. The van der Waals surface area contributed by atoms with E-state index in [2.05, 4.69) is 0 Å². The second kappa shape index (κ2) is 6.11. The van der Waals surface area contributed by atoms with E-state index in [1.165, 1.54) is 43.5 Å². The Bertz CT molecular complexity index is 633. The topological polar surface area (TPSA) is 70.1 Å². The second-order valence-electron chi connectivity index (χ2n) is 5.83. The summed E-state index contributed by atoms with van der Waals surface area (Å²) in [4.78, 5) is 0. The number of hydrogen-bond acceptors (Lipinski definition) is 4. The van der Waals surface area contributed by atoms with Crippen molar-refractivity contribution in [2.75, 3.05) is 27.2 Å². The fourth-order valence-electron chi connectivity index (χ4n) is 2.43. The zero-order valence-corrected chi connectivity index (χ0v) is 13.7. The molecule has 1 fully saturated rings. The highest BCUT2D eigenvalue weighted by atomic mass is 32.2. The van der Waals surface area contributed by atoms with Gasteiger partial charge in [0.15, 0.2) is 0 Å². The molecule has 1 aliphatic rings. The van der Waals surface area contributed by atoms with Crippen molar-refractivity contribution in [1.82, 2.24) is 8.61 Å². The van der Waals surface area contributed by atoms with Crippen LogP contribution in [-0.4, -0.2) is 61.0 Å². The standard InChI is InChI=1S/C14H21FN2O4S/c1-14(18)10-17(22(19,20)16(2)3)8-7-13(14)21-12-6-4-5-11(15)9-12/h4-6,9,13,18H,7-8,10H2,1-3H3/t13-,14-/m0/s1. The SMILES string of the molecule is CN(C)S(=O)(=O)N1CC[C@H](Oc2cccc(F)c2)[C@@](C)(O)C1. The molecule has 1 aromatic rings. The van der Waals surface area contributed by atoms with Crippen molar-refractivity contribution >= 4 is 10.2 Å². The zero-order chi connectivity index (χ0) is 16.5. The lowest BCUT2D eigenvalue weighted by Gasteiger charge is -2.42. The molecule has 1 heterocycles. The van der Waals surface area contributed by atoms with Crippen LogP contribution >= 0.6 is 0 Å². The first-order chi connectivity index (χ1) is 10.1. The number of halogens is 1. The van der Waals surface area contributed by atoms with Crippen LogP contribution < -0.4 is 4.74 Å². The normalized spacial score (nSPS) is 27.1. The summed E-state index contributed by atoms with van der Waals surface area (Å²) in [5.41, 5.74) is -1.37. The number of β-amino-alcohol motifs (C(OH)–C–C–N with tert-alkyl or cyclic N) is 1. The molecule has 0 unspecified atom stereocenters. The van der Waals surface area contributed by atoms with E-state index in [4.69, 9.17) is 4.74 Å². The van der Waals surface area contributed by atoms with Gasteiger partial charge >= 0.3 is 0 Å². The van der Waals surface area contributed by atoms with Gasteiger partial charge in [-0.05, 0) is 19.1 Å². The monoisotopic (exact) mass is 332 g/mol. The van der Waals surface area contributed by atoms with E-state index in [1.807, 2.05) is 0 Å². The smallest absolute Gasteiger partial charge is 0.281 e. The molecule has 22 heavy (non-hydrogen) atoms.